The Hall–Kier alpha value is -3.66. The highest BCUT2D eigenvalue weighted by Gasteiger charge is 2.36. The maximum absolute atomic E-state index is 14.1. The average Bonchev–Trinajstić information content (AvgIpc) is 3.30. The number of rotatable bonds is 10. The number of aromatic nitrogens is 1. The third kappa shape index (κ3) is 6.79. The molecule has 3 aromatic carbocycles. The third-order valence-electron chi connectivity index (χ3n) is 6.85. The summed E-state index contributed by atoms with van der Waals surface area (Å²) in [6.07, 6.45) is 3.15. The molecule has 2 heterocycles. The summed E-state index contributed by atoms with van der Waals surface area (Å²) in [5.41, 5.74) is 3.17. The fraction of sp³-hybridized carbons (Fsp3) is 0.242. The van der Waals surface area contributed by atoms with Crippen molar-refractivity contribution in [1.29, 1.82) is 0 Å². The van der Waals surface area contributed by atoms with Crippen LogP contribution in [0.15, 0.2) is 92.3 Å². The molecule has 0 unspecified atom stereocenters. The van der Waals surface area contributed by atoms with Crippen molar-refractivity contribution in [2.24, 2.45) is 4.99 Å². The van der Waals surface area contributed by atoms with Gasteiger partial charge in [0.2, 0.25) is 0 Å². The van der Waals surface area contributed by atoms with Crippen LogP contribution in [0.25, 0.3) is 6.08 Å². The van der Waals surface area contributed by atoms with Crippen molar-refractivity contribution in [1.82, 2.24) is 4.57 Å². The molecule has 0 aliphatic carbocycles. The predicted octanol–water partition coefficient (Wildman–Crippen LogP) is 6.58. The maximum atomic E-state index is 14.1. The summed E-state index contributed by atoms with van der Waals surface area (Å²) in [4.78, 5) is 32.8. The molecule has 0 radical (unpaired) electrons. The molecule has 0 fully saturated rings. The molecular weight excluding hydrogens is 652 g/mol. The van der Waals surface area contributed by atoms with Gasteiger partial charge in [0.15, 0.2) is 4.80 Å². The third-order valence-corrected chi connectivity index (χ3v) is 8.56. The number of benzene rings is 3. The largest absolute Gasteiger partial charge is 0.496 e. The minimum Gasteiger partial charge on any atom is -0.496 e. The fourth-order valence-electron chi connectivity index (χ4n) is 4.94. The molecule has 43 heavy (non-hydrogen) atoms. The number of carbonyl (C=O) groups excluding carboxylic acids is 1. The van der Waals surface area contributed by atoms with Crippen molar-refractivity contribution in [3.8, 4) is 11.5 Å². The Bertz CT molecular complexity index is 1860. The standard InChI is InChI=1S/C33H30BrClN2O5S/c1-4-7-26-29(32(39)41-5-2)30(25-18-22(34)12-15-27(25)40-3)37-31(38)28(43-33(37)36-26)17-20-10-13-24(14-11-20)42-19-21-8-6-9-23(35)16-21/h6,8-18,30H,4-5,7,19H2,1-3H3/b28-17+/t30-/m0/s1. The Labute approximate surface area is 266 Å². The highest BCUT2D eigenvalue weighted by atomic mass is 79.9. The molecule has 0 amide bonds. The zero-order chi connectivity index (χ0) is 30.5. The van der Waals surface area contributed by atoms with Gasteiger partial charge in [0, 0.05) is 15.1 Å². The number of allylic oxidation sites excluding steroid dienone is 1. The summed E-state index contributed by atoms with van der Waals surface area (Å²) in [6, 6.07) is 19.8. The van der Waals surface area contributed by atoms with Crippen molar-refractivity contribution in [2.45, 2.75) is 39.3 Å². The van der Waals surface area contributed by atoms with E-state index in [1.807, 2.05) is 79.7 Å². The van der Waals surface area contributed by atoms with E-state index in [0.29, 0.717) is 55.7 Å². The van der Waals surface area contributed by atoms with E-state index in [2.05, 4.69) is 15.9 Å². The van der Waals surface area contributed by atoms with E-state index in [0.717, 1.165) is 22.0 Å². The molecule has 4 aromatic rings. The Balaban J connectivity index is 1.57. The lowest BCUT2D eigenvalue weighted by Crippen LogP contribution is -2.40. The molecule has 1 aliphatic rings. The average molecular weight is 682 g/mol. The number of nitrogens with zero attached hydrogens (tertiary/aromatic N) is 2. The first-order valence-corrected chi connectivity index (χ1v) is 15.8. The van der Waals surface area contributed by atoms with Gasteiger partial charge in [-0.3, -0.25) is 9.36 Å². The van der Waals surface area contributed by atoms with E-state index in [4.69, 9.17) is 30.8 Å². The molecular formula is C33H30BrClN2O5S. The molecule has 1 aliphatic heterocycles. The molecule has 222 valence electrons. The van der Waals surface area contributed by atoms with E-state index >= 15 is 0 Å². The van der Waals surface area contributed by atoms with Crippen LogP contribution in [0.5, 0.6) is 11.5 Å². The van der Waals surface area contributed by atoms with Gasteiger partial charge in [-0.25, -0.2) is 9.79 Å². The minimum absolute atomic E-state index is 0.202. The quantitative estimate of drug-likeness (QED) is 0.177. The van der Waals surface area contributed by atoms with Gasteiger partial charge in [-0.05, 0) is 73.0 Å². The molecule has 0 saturated heterocycles. The van der Waals surface area contributed by atoms with Crippen molar-refractivity contribution < 1.29 is 19.0 Å². The Kier molecular flexibility index (Phi) is 9.85. The molecule has 0 N–H and O–H groups in total. The van der Waals surface area contributed by atoms with Gasteiger partial charge < -0.3 is 14.2 Å². The maximum Gasteiger partial charge on any atom is 0.338 e. The second kappa shape index (κ2) is 13.8. The van der Waals surface area contributed by atoms with Crippen LogP contribution in [0, 0.1) is 0 Å². The number of halogens is 2. The van der Waals surface area contributed by atoms with E-state index in [9.17, 15) is 9.59 Å². The smallest absolute Gasteiger partial charge is 0.338 e. The Morgan fingerprint density at radius 2 is 1.91 bits per heavy atom. The summed E-state index contributed by atoms with van der Waals surface area (Å²) in [5.74, 6) is 0.753. The minimum atomic E-state index is -0.770. The number of fused-ring (bicyclic) bond motifs is 1. The molecule has 0 spiro atoms. The van der Waals surface area contributed by atoms with E-state index < -0.39 is 12.0 Å². The SMILES string of the molecule is CCCC1=C(C(=O)OCC)[C@H](c2cc(Br)ccc2OC)n2c(s/c(=C/c3ccc(OCc4cccc(Cl)c4)cc3)c2=O)=N1. The van der Waals surface area contributed by atoms with Crippen LogP contribution in [0.3, 0.4) is 0 Å². The van der Waals surface area contributed by atoms with Gasteiger partial charge >= 0.3 is 5.97 Å². The number of ether oxygens (including phenoxy) is 3. The van der Waals surface area contributed by atoms with Gasteiger partial charge in [0.1, 0.15) is 24.1 Å². The van der Waals surface area contributed by atoms with Crippen molar-refractivity contribution in [3.05, 3.63) is 124 Å². The van der Waals surface area contributed by atoms with Crippen LogP contribution in [-0.4, -0.2) is 24.3 Å². The molecule has 5 rings (SSSR count). The van der Waals surface area contributed by atoms with E-state index in [1.165, 1.54) is 11.3 Å². The second-order valence-electron chi connectivity index (χ2n) is 9.79. The summed E-state index contributed by atoms with van der Waals surface area (Å²) in [7, 11) is 1.57. The molecule has 1 atom stereocenters. The zero-order valence-electron chi connectivity index (χ0n) is 23.9. The molecule has 10 heteroatoms. The summed E-state index contributed by atoms with van der Waals surface area (Å²) in [6.45, 7) is 4.38. The highest BCUT2D eigenvalue weighted by Crippen LogP contribution is 2.38. The van der Waals surface area contributed by atoms with Gasteiger partial charge in [-0.15, -0.1) is 0 Å². The van der Waals surface area contributed by atoms with Crippen molar-refractivity contribution >= 4 is 50.9 Å². The fourth-order valence-corrected chi connectivity index (χ4v) is 6.55. The molecule has 0 saturated carbocycles. The number of carbonyl (C=O) groups is 1. The summed E-state index contributed by atoms with van der Waals surface area (Å²) >= 11 is 10.9. The first-order valence-electron chi connectivity index (χ1n) is 13.9. The first-order chi connectivity index (χ1) is 20.8. The second-order valence-corrected chi connectivity index (χ2v) is 12.1. The van der Waals surface area contributed by atoms with Gasteiger partial charge in [0.05, 0.1) is 29.5 Å². The topological polar surface area (TPSA) is 79.1 Å². The highest BCUT2D eigenvalue weighted by molar-refractivity contribution is 9.10. The van der Waals surface area contributed by atoms with Crippen LogP contribution in [0.2, 0.25) is 5.02 Å². The molecule has 0 bridgehead atoms. The Morgan fingerprint density at radius 1 is 1.12 bits per heavy atom. The van der Waals surface area contributed by atoms with E-state index in [-0.39, 0.29) is 12.2 Å². The predicted molar refractivity (Wildman–Crippen MR) is 173 cm³/mol. The molecule has 1 aromatic heterocycles. The van der Waals surface area contributed by atoms with Crippen molar-refractivity contribution in [2.75, 3.05) is 13.7 Å². The number of hydrogen-bond acceptors (Lipinski definition) is 7. The lowest BCUT2D eigenvalue weighted by atomic mass is 9.93. The van der Waals surface area contributed by atoms with Gasteiger partial charge in [0.25, 0.3) is 5.56 Å². The van der Waals surface area contributed by atoms with Gasteiger partial charge in [-0.1, -0.05) is 76.5 Å². The Morgan fingerprint density at radius 3 is 2.60 bits per heavy atom. The number of thiazole rings is 1. The number of methoxy groups -OCH3 is 1. The zero-order valence-corrected chi connectivity index (χ0v) is 27.1. The number of hydrogen-bond donors (Lipinski definition) is 0. The van der Waals surface area contributed by atoms with Gasteiger partial charge in [-0.2, -0.15) is 0 Å². The van der Waals surface area contributed by atoms with Crippen LogP contribution in [-0.2, 0) is 16.1 Å². The van der Waals surface area contributed by atoms with Crippen LogP contribution in [0.1, 0.15) is 49.4 Å². The van der Waals surface area contributed by atoms with Crippen molar-refractivity contribution in [3.63, 3.8) is 0 Å². The normalized spacial score (nSPS) is 14.7. The number of esters is 1. The lowest BCUT2D eigenvalue weighted by molar-refractivity contribution is -0.139. The summed E-state index contributed by atoms with van der Waals surface area (Å²) < 4.78 is 20.0. The monoisotopic (exact) mass is 680 g/mol. The van der Waals surface area contributed by atoms with E-state index in [1.54, 1.807) is 18.6 Å². The summed E-state index contributed by atoms with van der Waals surface area (Å²) in [5, 5.41) is 0.662. The first kappa shape index (κ1) is 30.8. The lowest BCUT2D eigenvalue weighted by Gasteiger charge is -2.27. The van der Waals surface area contributed by atoms with Crippen LogP contribution >= 0.6 is 38.9 Å². The van der Waals surface area contributed by atoms with Crippen LogP contribution < -0.4 is 24.4 Å². The molecule has 7 nitrogen and oxygen atoms in total. The van der Waals surface area contributed by atoms with Crippen LogP contribution in [0.4, 0.5) is 0 Å².